The molecule has 1 saturated carbocycles. The minimum atomic E-state index is -0.479. The monoisotopic (exact) mass is 356 g/mol. The van der Waals surface area contributed by atoms with E-state index >= 15 is 0 Å². The molecule has 5 rings (SSSR count). The lowest BCUT2D eigenvalue weighted by molar-refractivity contribution is -0.121. The lowest BCUT2D eigenvalue weighted by atomic mass is 9.66. The van der Waals surface area contributed by atoms with E-state index in [1.165, 1.54) is 0 Å². The van der Waals surface area contributed by atoms with Gasteiger partial charge in [0.25, 0.3) is 0 Å². The minimum Gasteiger partial charge on any atom is -0.299 e. The molecule has 0 spiro atoms. The topological polar surface area (TPSA) is 76.5 Å². The van der Waals surface area contributed by atoms with Crippen molar-refractivity contribution in [1.82, 2.24) is 4.98 Å². The summed E-state index contributed by atoms with van der Waals surface area (Å²) in [6, 6.07) is 10.5. The lowest BCUT2D eigenvalue weighted by Gasteiger charge is -2.37. The molecule has 27 heavy (non-hydrogen) atoms. The highest BCUT2D eigenvalue weighted by atomic mass is 16.1. The molecule has 2 heterocycles. The van der Waals surface area contributed by atoms with Gasteiger partial charge in [-0.1, -0.05) is 24.3 Å². The first-order valence-electron chi connectivity index (χ1n) is 9.09. The zero-order valence-corrected chi connectivity index (χ0v) is 14.5. The second-order valence-electron chi connectivity index (χ2n) is 7.13. The Balaban J connectivity index is 1.78. The maximum atomic E-state index is 13.4. The Morgan fingerprint density at radius 3 is 2.26 bits per heavy atom. The molecule has 1 aromatic heterocycles. The van der Waals surface area contributed by atoms with Crippen LogP contribution in [0.5, 0.6) is 0 Å². The van der Waals surface area contributed by atoms with E-state index in [2.05, 4.69) is 9.98 Å². The van der Waals surface area contributed by atoms with Crippen LogP contribution in [0.1, 0.15) is 51.5 Å². The van der Waals surface area contributed by atoms with Crippen LogP contribution in [0.25, 0.3) is 0 Å². The highest BCUT2D eigenvalue weighted by molar-refractivity contribution is 6.29. The molecular formula is C22H16N2O3. The molecule has 0 saturated heterocycles. The van der Waals surface area contributed by atoms with Crippen LogP contribution in [-0.4, -0.2) is 28.0 Å². The van der Waals surface area contributed by atoms with E-state index in [1.54, 1.807) is 36.7 Å². The van der Waals surface area contributed by atoms with Crippen LogP contribution in [0.2, 0.25) is 0 Å². The number of carbonyl (C=O) groups excluding carboxylic acids is 3. The maximum Gasteiger partial charge on any atom is 0.212 e. The Kier molecular flexibility index (Phi) is 3.50. The number of fused-ring (bicyclic) bond motifs is 2. The van der Waals surface area contributed by atoms with Crippen LogP contribution in [0, 0.1) is 5.92 Å². The molecule has 5 heteroatoms. The molecule has 0 radical (unpaired) electrons. The third kappa shape index (κ3) is 2.28. The van der Waals surface area contributed by atoms with E-state index in [0.29, 0.717) is 29.5 Å². The third-order valence-corrected chi connectivity index (χ3v) is 5.66. The highest BCUT2D eigenvalue weighted by Crippen LogP contribution is 2.46. The van der Waals surface area contributed by atoms with Gasteiger partial charge in [0.1, 0.15) is 11.5 Å². The molecule has 2 unspecified atom stereocenters. The zero-order valence-electron chi connectivity index (χ0n) is 14.5. The Labute approximate surface area is 155 Å². The van der Waals surface area contributed by atoms with E-state index in [0.717, 1.165) is 17.7 Å². The summed E-state index contributed by atoms with van der Waals surface area (Å²) in [6.45, 7) is 0. The van der Waals surface area contributed by atoms with Crippen LogP contribution in [0.3, 0.4) is 0 Å². The van der Waals surface area contributed by atoms with Gasteiger partial charge in [0, 0.05) is 47.1 Å². The number of nitrogens with zero attached hydrogens (tertiary/aromatic N) is 2. The largest absolute Gasteiger partial charge is 0.299 e. The van der Waals surface area contributed by atoms with Gasteiger partial charge in [-0.05, 0) is 30.5 Å². The first kappa shape index (κ1) is 16.0. The van der Waals surface area contributed by atoms with Crippen molar-refractivity contribution in [2.75, 3.05) is 0 Å². The van der Waals surface area contributed by atoms with Gasteiger partial charge in [-0.3, -0.25) is 24.4 Å². The Morgan fingerprint density at radius 1 is 0.815 bits per heavy atom. The second-order valence-corrected chi connectivity index (χ2v) is 7.13. The van der Waals surface area contributed by atoms with Gasteiger partial charge in [-0.25, -0.2) is 0 Å². The van der Waals surface area contributed by atoms with Gasteiger partial charge in [0.15, 0.2) is 5.78 Å². The molecule has 2 atom stereocenters. The summed E-state index contributed by atoms with van der Waals surface area (Å²) < 4.78 is 0. The van der Waals surface area contributed by atoms with Crippen molar-refractivity contribution < 1.29 is 14.4 Å². The molecule has 0 bridgehead atoms. The summed E-state index contributed by atoms with van der Waals surface area (Å²) >= 11 is 0. The first-order chi connectivity index (χ1) is 13.2. The number of allylic oxidation sites excluding steroid dienone is 2. The standard InChI is InChI=1S/C22H16N2O3/c25-16-7-3-6-15-18(16)17(12-8-10-23-11-9-12)19-20(24-15)22(27)14-5-2-1-4-13(14)21(19)26/h1-2,4-5,8-11,17-18H,3,6-7H2. The SMILES string of the molecule is O=C1C2=C(C(=O)c3ccccc31)C(c1ccncc1)C1C(=O)CCCC1=N2. The third-order valence-electron chi connectivity index (χ3n) is 5.66. The molecule has 5 nitrogen and oxygen atoms in total. The van der Waals surface area contributed by atoms with Crippen molar-refractivity contribution in [1.29, 1.82) is 0 Å². The summed E-state index contributed by atoms with van der Waals surface area (Å²) in [5, 5.41) is 0. The van der Waals surface area contributed by atoms with Crippen LogP contribution < -0.4 is 0 Å². The van der Waals surface area contributed by atoms with Crippen molar-refractivity contribution in [2.45, 2.75) is 25.2 Å². The molecule has 0 amide bonds. The predicted molar refractivity (Wildman–Crippen MR) is 98.9 cm³/mol. The fourth-order valence-electron chi connectivity index (χ4n) is 4.47. The normalized spacial score (nSPS) is 24.1. The molecule has 132 valence electrons. The molecule has 3 aliphatic rings. The first-order valence-corrected chi connectivity index (χ1v) is 9.09. The van der Waals surface area contributed by atoms with Gasteiger partial charge in [0.2, 0.25) is 5.78 Å². The summed E-state index contributed by atoms with van der Waals surface area (Å²) in [6.07, 6.45) is 5.19. The summed E-state index contributed by atoms with van der Waals surface area (Å²) in [4.78, 5) is 47.9. The fraction of sp³-hybridized carbons (Fsp3) is 0.227. The van der Waals surface area contributed by atoms with Crippen molar-refractivity contribution in [3.05, 3.63) is 76.8 Å². The van der Waals surface area contributed by atoms with Crippen LogP contribution >= 0.6 is 0 Å². The number of hydrogen-bond donors (Lipinski definition) is 0. The average molecular weight is 356 g/mol. The quantitative estimate of drug-likeness (QED) is 0.785. The van der Waals surface area contributed by atoms with E-state index in [1.807, 2.05) is 12.1 Å². The number of pyridine rings is 1. The van der Waals surface area contributed by atoms with Crippen LogP contribution in [0.4, 0.5) is 0 Å². The molecule has 0 N–H and O–H groups in total. The van der Waals surface area contributed by atoms with Gasteiger partial charge < -0.3 is 0 Å². The number of rotatable bonds is 1. The van der Waals surface area contributed by atoms with Crippen molar-refractivity contribution >= 4 is 23.1 Å². The lowest BCUT2D eigenvalue weighted by Crippen LogP contribution is -2.41. The number of benzene rings is 1. The predicted octanol–water partition coefficient (Wildman–Crippen LogP) is 3.32. The minimum absolute atomic E-state index is 0.0902. The van der Waals surface area contributed by atoms with Gasteiger partial charge >= 0.3 is 0 Å². The number of aliphatic imine (C=N–C) groups is 1. The Bertz CT molecular complexity index is 1070. The Hall–Kier alpha value is -3.21. The molecular weight excluding hydrogens is 340 g/mol. The molecule has 1 fully saturated rings. The molecule has 2 aliphatic carbocycles. The summed E-state index contributed by atoms with van der Waals surface area (Å²) in [5.74, 6) is -1.30. The second kappa shape index (κ2) is 5.91. The van der Waals surface area contributed by atoms with Crippen LogP contribution in [0.15, 0.2) is 65.1 Å². The van der Waals surface area contributed by atoms with E-state index in [-0.39, 0.29) is 23.0 Å². The van der Waals surface area contributed by atoms with Crippen molar-refractivity contribution in [2.24, 2.45) is 10.9 Å². The average Bonchev–Trinajstić information content (AvgIpc) is 2.71. The number of hydrogen-bond acceptors (Lipinski definition) is 5. The zero-order chi connectivity index (χ0) is 18.5. The maximum absolute atomic E-state index is 13.4. The molecule has 1 aliphatic heterocycles. The molecule has 1 aromatic carbocycles. The number of carbonyl (C=O) groups is 3. The number of Topliss-reactive ketones (excluding diaryl/α,β-unsaturated/α-hetero) is 3. The van der Waals surface area contributed by atoms with E-state index < -0.39 is 11.8 Å². The smallest absolute Gasteiger partial charge is 0.212 e. The number of aromatic nitrogens is 1. The van der Waals surface area contributed by atoms with Gasteiger partial charge in [-0.2, -0.15) is 0 Å². The van der Waals surface area contributed by atoms with Crippen LogP contribution in [-0.2, 0) is 4.79 Å². The van der Waals surface area contributed by atoms with Gasteiger partial charge in [0.05, 0.1) is 5.92 Å². The van der Waals surface area contributed by atoms with E-state index in [9.17, 15) is 14.4 Å². The summed E-state index contributed by atoms with van der Waals surface area (Å²) in [5.41, 5.74) is 2.90. The molecule has 2 aromatic rings. The van der Waals surface area contributed by atoms with Gasteiger partial charge in [-0.15, -0.1) is 0 Å². The number of ketones is 3. The summed E-state index contributed by atoms with van der Waals surface area (Å²) in [7, 11) is 0. The van der Waals surface area contributed by atoms with Crippen molar-refractivity contribution in [3.8, 4) is 0 Å². The Morgan fingerprint density at radius 2 is 1.52 bits per heavy atom. The fourth-order valence-corrected chi connectivity index (χ4v) is 4.47. The van der Waals surface area contributed by atoms with Crippen molar-refractivity contribution in [3.63, 3.8) is 0 Å². The highest BCUT2D eigenvalue weighted by Gasteiger charge is 2.47. The van der Waals surface area contributed by atoms with E-state index in [4.69, 9.17) is 0 Å².